The number of anilines is 1. The van der Waals surface area contributed by atoms with Crippen LogP contribution in [-0.2, 0) is 6.42 Å². The molecule has 1 aromatic carbocycles. The van der Waals surface area contributed by atoms with Crippen LogP contribution in [0.15, 0.2) is 18.2 Å². The highest BCUT2D eigenvalue weighted by molar-refractivity contribution is 7.15. The molecule has 1 N–H and O–H groups in total. The number of amides is 1. The summed E-state index contributed by atoms with van der Waals surface area (Å²) < 4.78 is 0. The molecule has 0 fully saturated rings. The van der Waals surface area contributed by atoms with E-state index in [-0.39, 0.29) is 5.91 Å². The molecule has 1 aromatic heterocycles. The van der Waals surface area contributed by atoms with Gasteiger partial charge in [0.05, 0.1) is 10.6 Å². The summed E-state index contributed by atoms with van der Waals surface area (Å²) in [7, 11) is 0. The van der Waals surface area contributed by atoms with Crippen LogP contribution < -0.4 is 5.32 Å². The average molecular weight is 316 g/mol. The molecule has 0 radical (unpaired) electrons. The fraction of sp³-hybridized carbons (Fsp3) is 0.250. The van der Waals surface area contributed by atoms with Crippen LogP contribution in [-0.4, -0.2) is 16.1 Å². The maximum atomic E-state index is 12.0. The SMILES string of the molecule is CCCc1nnc(NC(=O)c2ccc(Cl)cc2Cl)s1. The van der Waals surface area contributed by atoms with Crippen LogP contribution in [0.2, 0.25) is 10.0 Å². The number of carbonyl (C=O) groups excluding carboxylic acids is 1. The van der Waals surface area contributed by atoms with Gasteiger partial charge < -0.3 is 0 Å². The fourth-order valence-corrected chi connectivity index (χ4v) is 2.79. The minimum absolute atomic E-state index is 0.309. The molecule has 0 bridgehead atoms. The number of benzene rings is 1. The summed E-state index contributed by atoms with van der Waals surface area (Å²) in [4.78, 5) is 12.0. The second kappa shape index (κ2) is 6.32. The van der Waals surface area contributed by atoms with Gasteiger partial charge in [-0.2, -0.15) is 0 Å². The Hall–Kier alpha value is -1.17. The van der Waals surface area contributed by atoms with Crippen LogP contribution in [0, 0.1) is 0 Å². The summed E-state index contributed by atoms with van der Waals surface area (Å²) in [5.41, 5.74) is 0.360. The standard InChI is InChI=1S/C12H11Cl2N3OS/c1-2-3-10-16-17-12(19-10)15-11(18)8-5-4-7(13)6-9(8)14/h4-6H,2-3H2,1H3,(H,15,17,18). The van der Waals surface area contributed by atoms with Crippen LogP contribution in [0.5, 0.6) is 0 Å². The quantitative estimate of drug-likeness (QED) is 0.926. The zero-order valence-electron chi connectivity index (χ0n) is 10.1. The average Bonchev–Trinajstić information content (AvgIpc) is 2.76. The summed E-state index contributed by atoms with van der Waals surface area (Å²) in [6, 6.07) is 4.72. The molecule has 0 atom stereocenters. The number of hydrogen-bond donors (Lipinski definition) is 1. The third-order valence-electron chi connectivity index (χ3n) is 2.33. The van der Waals surface area contributed by atoms with Gasteiger partial charge in [0.15, 0.2) is 0 Å². The van der Waals surface area contributed by atoms with Crippen molar-refractivity contribution < 1.29 is 4.79 Å². The zero-order chi connectivity index (χ0) is 13.8. The van der Waals surface area contributed by atoms with Crippen molar-refractivity contribution in [3.8, 4) is 0 Å². The molecule has 0 unspecified atom stereocenters. The third-order valence-corrected chi connectivity index (χ3v) is 3.77. The Morgan fingerprint density at radius 3 is 2.84 bits per heavy atom. The molecule has 0 aliphatic heterocycles. The van der Waals surface area contributed by atoms with Crippen molar-refractivity contribution in [3.63, 3.8) is 0 Å². The molecule has 2 rings (SSSR count). The summed E-state index contributed by atoms with van der Waals surface area (Å²) in [5, 5.41) is 12.8. The number of aryl methyl sites for hydroxylation is 1. The van der Waals surface area contributed by atoms with E-state index < -0.39 is 0 Å². The predicted molar refractivity (Wildman–Crippen MR) is 78.3 cm³/mol. The van der Waals surface area contributed by atoms with Gasteiger partial charge in [0.1, 0.15) is 5.01 Å². The first kappa shape index (κ1) is 14.2. The Balaban J connectivity index is 2.11. The molecule has 0 saturated heterocycles. The summed E-state index contributed by atoms with van der Waals surface area (Å²) in [6.07, 6.45) is 1.85. The van der Waals surface area contributed by atoms with Crippen LogP contribution in [0.25, 0.3) is 0 Å². The van der Waals surface area contributed by atoms with Crippen LogP contribution >= 0.6 is 34.5 Å². The van der Waals surface area contributed by atoms with Crippen molar-refractivity contribution in [1.82, 2.24) is 10.2 Å². The topological polar surface area (TPSA) is 54.9 Å². The molecule has 1 amide bonds. The molecule has 7 heteroatoms. The second-order valence-corrected chi connectivity index (χ2v) is 5.73. The summed E-state index contributed by atoms with van der Waals surface area (Å²) in [5.74, 6) is -0.319. The van der Waals surface area contributed by atoms with E-state index in [4.69, 9.17) is 23.2 Å². The Bertz CT molecular complexity index is 600. The van der Waals surface area contributed by atoms with E-state index >= 15 is 0 Å². The number of hydrogen-bond acceptors (Lipinski definition) is 4. The number of aromatic nitrogens is 2. The van der Waals surface area contributed by atoms with Crippen molar-refractivity contribution in [2.24, 2.45) is 0 Å². The lowest BCUT2D eigenvalue weighted by molar-refractivity contribution is 0.102. The summed E-state index contributed by atoms with van der Waals surface area (Å²) in [6.45, 7) is 2.06. The molecule has 1 heterocycles. The molecule has 4 nitrogen and oxygen atoms in total. The van der Waals surface area contributed by atoms with Crippen molar-refractivity contribution >= 4 is 45.6 Å². The Morgan fingerprint density at radius 2 is 2.16 bits per heavy atom. The molecule has 2 aromatic rings. The van der Waals surface area contributed by atoms with E-state index in [1.807, 2.05) is 0 Å². The smallest absolute Gasteiger partial charge is 0.259 e. The molecule has 19 heavy (non-hydrogen) atoms. The number of nitrogens with one attached hydrogen (secondary N) is 1. The van der Waals surface area contributed by atoms with Crippen molar-refractivity contribution in [2.75, 3.05) is 5.32 Å². The number of carbonyl (C=O) groups is 1. The summed E-state index contributed by atoms with van der Waals surface area (Å²) >= 11 is 13.1. The lowest BCUT2D eigenvalue weighted by Crippen LogP contribution is -2.12. The Labute approximate surface area is 124 Å². The minimum atomic E-state index is -0.319. The molecule has 0 saturated carbocycles. The number of nitrogens with zero attached hydrogens (tertiary/aromatic N) is 2. The maximum absolute atomic E-state index is 12.0. The van der Waals surface area contributed by atoms with Gasteiger partial charge in [-0.1, -0.05) is 41.5 Å². The minimum Gasteiger partial charge on any atom is -0.296 e. The van der Waals surface area contributed by atoms with E-state index in [0.29, 0.717) is 20.7 Å². The number of halogens is 2. The molecule has 0 aliphatic rings. The van der Waals surface area contributed by atoms with E-state index in [1.165, 1.54) is 17.4 Å². The molecule has 0 aliphatic carbocycles. The van der Waals surface area contributed by atoms with Gasteiger partial charge in [0.25, 0.3) is 5.91 Å². The van der Waals surface area contributed by atoms with Crippen molar-refractivity contribution in [3.05, 3.63) is 38.8 Å². The highest BCUT2D eigenvalue weighted by atomic mass is 35.5. The van der Waals surface area contributed by atoms with Crippen molar-refractivity contribution in [2.45, 2.75) is 19.8 Å². The molecular weight excluding hydrogens is 305 g/mol. The monoisotopic (exact) mass is 315 g/mol. The van der Waals surface area contributed by atoms with Gasteiger partial charge >= 0.3 is 0 Å². The van der Waals surface area contributed by atoms with E-state index in [9.17, 15) is 4.79 Å². The van der Waals surface area contributed by atoms with E-state index in [0.717, 1.165) is 17.8 Å². The highest BCUT2D eigenvalue weighted by Crippen LogP contribution is 2.23. The van der Waals surface area contributed by atoms with E-state index in [2.05, 4.69) is 22.4 Å². The fourth-order valence-electron chi connectivity index (χ4n) is 1.46. The van der Waals surface area contributed by atoms with Gasteiger partial charge in [-0.3, -0.25) is 10.1 Å². The second-order valence-electron chi connectivity index (χ2n) is 3.83. The van der Waals surface area contributed by atoms with Gasteiger partial charge in [0.2, 0.25) is 5.13 Å². The third kappa shape index (κ3) is 3.65. The highest BCUT2D eigenvalue weighted by Gasteiger charge is 2.13. The van der Waals surface area contributed by atoms with Gasteiger partial charge in [-0.15, -0.1) is 10.2 Å². The maximum Gasteiger partial charge on any atom is 0.259 e. The van der Waals surface area contributed by atoms with Crippen LogP contribution in [0.1, 0.15) is 28.7 Å². The lowest BCUT2D eigenvalue weighted by atomic mass is 10.2. The van der Waals surface area contributed by atoms with Gasteiger partial charge in [-0.25, -0.2) is 0 Å². The van der Waals surface area contributed by atoms with E-state index in [1.54, 1.807) is 12.1 Å². The normalized spacial score (nSPS) is 10.5. The first-order valence-electron chi connectivity index (χ1n) is 5.69. The number of rotatable bonds is 4. The van der Waals surface area contributed by atoms with Gasteiger partial charge in [0, 0.05) is 11.4 Å². The van der Waals surface area contributed by atoms with Crippen LogP contribution in [0.3, 0.4) is 0 Å². The largest absolute Gasteiger partial charge is 0.296 e. The molecule has 100 valence electrons. The molecular formula is C12H11Cl2N3OS. The van der Waals surface area contributed by atoms with Gasteiger partial charge in [-0.05, 0) is 24.6 Å². The first-order chi connectivity index (χ1) is 9.10. The first-order valence-corrected chi connectivity index (χ1v) is 7.26. The van der Waals surface area contributed by atoms with Crippen LogP contribution in [0.4, 0.5) is 5.13 Å². The molecule has 0 spiro atoms. The Morgan fingerprint density at radius 1 is 1.37 bits per heavy atom. The zero-order valence-corrected chi connectivity index (χ0v) is 12.4. The predicted octanol–water partition coefficient (Wildman–Crippen LogP) is 4.05. The lowest BCUT2D eigenvalue weighted by Gasteiger charge is -2.03. The Kier molecular flexibility index (Phi) is 4.74. The van der Waals surface area contributed by atoms with Crippen molar-refractivity contribution in [1.29, 1.82) is 0 Å².